The second-order valence-corrected chi connectivity index (χ2v) is 15.3. The second kappa shape index (κ2) is 12.6. The van der Waals surface area contributed by atoms with E-state index >= 15 is 0 Å². The zero-order chi connectivity index (χ0) is 32.1. The number of alkyl halides is 4. The molecule has 46 heavy (non-hydrogen) atoms. The quantitative estimate of drug-likeness (QED) is 0.288. The maximum absolute atomic E-state index is 13.2. The minimum Gasteiger partial charge on any atom is -0.348 e. The molecule has 6 heterocycles. The van der Waals surface area contributed by atoms with E-state index in [1.54, 1.807) is 23.2 Å². The molecule has 4 N–H and O–H groups in total. The van der Waals surface area contributed by atoms with E-state index in [1.165, 1.54) is 32.5 Å². The topological polar surface area (TPSA) is 140 Å². The van der Waals surface area contributed by atoms with Crippen LogP contribution in [-0.2, 0) is 16.0 Å². The summed E-state index contributed by atoms with van der Waals surface area (Å²) in [6.07, 6.45) is 6.22. The van der Waals surface area contributed by atoms with Crippen LogP contribution in [0.15, 0.2) is 22.1 Å². The number of carbonyl (C=O) groups is 2. The molecular formula is C27H32F4N10O2S3. The third-order valence-electron chi connectivity index (χ3n) is 8.45. The van der Waals surface area contributed by atoms with Gasteiger partial charge < -0.3 is 20.4 Å². The molecule has 19 heteroatoms. The first-order valence-electron chi connectivity index (χ1n) is 15.0. The summed E-state index contributed by atoms with van der Waals surface area (Å²) in [6.45, 7) is -1.35. The van der Waals surface area contributed by atoms with Gasteiger partial charge in [0.25, 0.3) is 11.8 Å². The molecule has 0 spiro atoms. The number of thiazole rings is 1. The molecule has 4 atom stereocenters. The number of amides is 2. The van der Waals surface area contributed by atoms with Crippen LogP contribution in [0.4, 0.5) is 27.8 Å². The highest BCUT2D eigenvalue weighted by molar-refractivity contribution is 8.00. The predicted octanol–water partition coefficient (Wildman–Crippen LogP) is 3.50. The number of carbonyl (C=O) groups excluding carboxylic acids is 2. The molecule has 4 fully saturated rings. The van der Waals surface area contributed by atoms with E-state index in [2.05, 4.69) is 41.7 Å². The monoisotopic (exact) mass is 700 g/mol. The largest absolute Gasteiger partial charge is 0.348 e. The third kappa shape index (κ3) is 7.32. The zero-order valence-electron chi connectivity index (χ0n) is 24.5. The molecule has 7 rings (SSSR count). The first-order chi connectivity index (χ1) is 22.0. The molecule has 0 bridgehead atoms. The predicted molar refractivity (Wildman–Crippen MR) is 167 cm³/mol. The molecule has 248 valence electrons. The van der Waals surface area contributed by atoms with Crippen molar-refractivity contribution in [1.82, 2.24) is 36.2 Å². The van der Waals surface area contributed by atoms with Crippen molar-refractivity contribution in [1.29, 1.82) is 0 Å². The second-order valence-electron chi connectivity index (χ2n) is 12.2. The Morgan fingerprint density at radius 2 is 1.78 bits per heavy atom. The molecule has 5 aliphatic rings. The summed E-state index contributed by atoms with van der Waals surface area (Å²) < 4.78 is 52.6. The number of amidine groups is 1. The number of nitrogens with zero attached hydrogens (tertiary/aromatic N) is 6. The van der Waals surface area contributed by atoms with Crippen LogP contribution in [-0.4, -0.2) is 86.6 Å². The van der Waals surface area contributed by atoms with Crippen LogP contribution in [0.5, 0.6) is 0 Å². The lowest BCUT2D eigenvalue weighted by Gasteiger charge is -2.40. The number of hydrogen-bond acceptors (Lipinski definition) is 13. The molecule has 0 radical (unpaired) electrons. The van der Waals surface area contributed by atoms with Crippen LogP contribution in [0.1, 0.15) is 55.1 Å². The van der Waals surface area contributed by atoms with Gasteiger partial charge >= 0.3 is 0 Å². The van der Waals surface area contributed by atoms with E-state index in [-0.39, 0.29) is 67.6 Å². The lowest BCUT2D eigenvalue weighted by Crippen LogP contribution is -2.58. The minimum atomic E-state index is -2.67. The van der Waals surface area contributed by atoms with Gasteiger partial charge in [-0.2, -0.15) is 0 Å². The first kappa shape index (κ1) is 31.7. The Kier molecular flexibility index (Phi) is 8.71. The number of aromatic nitrogens is 3. The van der Waals surface area contributed by atoms with Crippen molar-refractivity contribution < 1.29 is 27.2 Å². The molecule has 2 amide bonds. The fourth-order valence-corrected chi connectivity index (χ4v) is 9.15. The summed E-state index contributed by atoms with van der Waals surface area (Å²) in [4.78, 5) is 37.0. The Bertz CT molecular complexity index is 1530. The number of rotatable bonds is 9. The average molecular weight is 701 g/mol. The standard InChI is InChI=1S/C27H32F4N10O2S3/c28-26(29)10-40(11-26)18-5-4-16(32-18)7-19(42)34-23-38-36-21(45-23)14-2-1-3-15(6-14)22-37-39-24(46-22)35-20(43)8-17-9-44-25(33-17)41-12-27(30,31)13-41/h4,9,14-15,22,24,37,39H,1-3,5-8,10-13H2,(H,35,43)(H,34,38,42)/t14-,15-,22?,24?/m0/s1. The fourth-order valence-electron chi connectivity index (χ4n) is 6.18. The zero-order valence-corrected chi connectivity index (χ0v) is 26.9. The van der Waals surface area contributed by atoms with Gasteiger partial charge in [0, 0.05) is 23.4 Å². The van der Waals surface area contributed by atoms with Gasteiger partial charge in [0.05, 0.1) is 50.1 Å². The molecule has 2 unspecified atom stereocenters. The van der Waals surface area contributed by atoms with E-state index in [0.29, 0.717) is 39.8 Å². The van der Waals surface area contributed by atoms with Gasteiger partial charge in [-0.15, -0.1) is 21.5 Å². The van der Waals surface area contributed by atoms with Crippen molar-refractivity contribution in [2.75, 3.05) is 36.4 Å². The smallest absolute Gasteiger partial charge is 0.282 e. The first-order valence-corrected chi connectivity index (χ1v) is 17.7. The number of halogens is 4. The normalized spacial score (nSPS) is 28.3. The number of anilines is 2. The molecule has 2 aromatic heterocycles. The lowest BCUT2D eigenvalue weighted by atomic mass is 9.81. The van der Waals surface area contributed by atoms with Crippen LogP contribution in [0.2, 0.25) is 0 Å². The van der Waals surface area contributed by atoms with Gasteiger partial charge in [-0.05, 0) is 25.2 Å². The van der Waals surface area contributed by atoms with Crippen molar-refractivity contribution in [3.63, 3.8) is 0 Å². The van der Waals surface area contributed by atoms with Crippen molar-refractivity contribution in [3.8, 4) is 0 Å². The van der Waals surface area contributed by atoms with Gasteiger partial charge in [0.15, 0.2) is 5.13 Å². The van der Waals surface area contributed by atoms with Crippen LogP contribution < -0.4 is 26.4 Å². The Hall–Kier alpha value is -2.87. The Balaban J connectivity index is 0.846. The molecule has 4 aliphatic heterocycles. The number of hydrogen-bond donors (Lipinski definition) is 4. The highest BCUT2D eigenvalue weighted by Crippen LogP contribution is 2.42. The van der Waals surface area contributed by atoms with E-state index < -0.39 is 11.8 Å². The van der Waals surface area contributed by atoms with Crippen molar-refractivity contribution >= 4 is 62.3 Å². The van der Waals surface area contributed by atoms with Gasteiger partial charge in [0.1, 0.15) is 16.3 Å². The Morgan fingerprint density at radius 1 is 1.00 bits per heavy atom. The highest BCUT2D eigenvalue weighted by atomic mass is 32.2. The number of likely N-dealkylation sites (tertiary alicyclic amines) is 1. The van der Waals surface area contributed by atoms with Crippen LogP contribution >= 0.6 is 34.4 Å². The number of nitrogens with one attached hydrogen (secondary N) is 4. The van der Waals surface area contributed by atoms with Gasteiger partial charge in [-0.3, -0.25) is 9.59 Å². The average Bonchev–Trinajstić information content (AvgIpc) is 3.79. The van der Waals surface area contributed by atoms with Crippen molar-refractivity contribution in [2.45, 2.75) is 73.6 Å². The summed E-state index contributed by atoms with van der Waals surface area (Å²) >= 11 is 4.22. The van der Waals surface area contributed by atoms with Gasteiger partial charge in [0.2, 0.25) is 16.9 Å². The van der Waals surface area contributed by atoms with E-state index in [1.807, 2.05) is 0 Å². The maximum atomic E-state index is 13.2. The maximum Gasteiger partial charge on any atom is 0.282 e. The minimum absolute atomic E-state index is 0.0361. The SMILES string of the molecule is O=C(CC1=CCC(N2CC(F)(F)C2)=N1)Nc1nnc([C@H]2CCC[C@H](C3NNC(NC(=O)Cc4csc(N5CC(F)(F)C5)n4)S3)C2)s1. The molecule has 1 aliphatic carbocycles. The highest BCUT2D eigenvalue weighted by Gasteiger charge is 2.46. The van der Waals surface area contributed by atoms with Crippen molar-refractivity contribution in [2.24, 2.45) is 10.9 Å². The molecule has 12 nitrogen and oxygen atoms in total. The third-order valence-corrected chi connectivity index (χ3v) is 11.7. The fraction of sp³-hybridized carbons (Fsp3) is 0.630. The van der Waals surface area contributed by atoms with E-state index in [0.717, 1.165) is 30.7 Å². The van der Waals surface area contributed by atoms with Crippen LogP contribution in [0.3, 0.4) is 0 Å². The molecule has 0 aromatic carbocycles. The molecule has 2 aromatic rings. The summed E-state index contributed by atoms with van der Waals surface area (Å²) in [5.41, 5.74) is 7.24. The molecule has 3 saturated heterocycles. The number of hydrazine groups is 1. The summed E-state index contributed by atoms with van der Waals surface area (Å²) in [7, 11) is 0. The van der Waals surface area contributed by atoms with E-state index in [9.17, 15) is 27.2 Å². The summed E-state index contributed by atoms with van der Waals surface area (Å²) in [5, 5.41) is 17.9. The molecular weight excluding hydrogens is 669 g/mol. The lowest BCUT2D eigenvalue weighted by molar-refractivity contribution is -0.121. The number of thioether (sulfide) groups is 1. The van der Waals surface area contributed by atoms with Crippen molar-refractivity contribution in [3.05, 3.63) is 27.9 Å². The van der Waals surface area contributed by atoms with E-state index in [4.69, 9.17) is 0 Å². The summed E-state index contributed by atoms with van der Waals surface area (Å²) in [6, 6.07) is 0. The van der Waals surface area contributed by atoms with Gasteiger partial charge in [-0.1, -0.05) is 35.6 Å². The Labute approximate surface area is 273 Å². The van der Waals surface area contributed by atoms with Crippen LogP contribution in [0.25, 0.3) is 0 Å². The van der Waals surface area contributed by atoms with Crippen LogP contribution in [0, 0.1) is 5.92 Å². The molecule has 1 saturated carbocycles. The number of aliphatic imine (C=N–C) groups is 1. The van der Waals surface area contributed by atoms with Gasteiger partial charge in [-0.25, -0.2) is 38.4 Å². The summed E-state index contributed by atoms with van der Waals surface area (Å²) in [5.74, 6) is -4.74. The Morgan fingerprint density at radius 3 is 2.57 bits per heavy atom.